The second-order valence-electron chi connectivity index (χ2n) is 1.89. The molecule has 11 heavy (non-hydrogen) atoms. The number of hydrogen-bond donors (Lipinski definition) is 2. The van der Waals surface area contributed by atoms with Crippen LogP contribution in [0, 0.1) is 6.92 Å². The van der Waals surface area contributed by atoms with Crippen LogP contribution in [0.25, 0.3) is 0 Å². The summed E-state index contributed by atoms with van der Waals surface area (Å²) in [5, 5.41) is 11.4. The summed E-state index contributed by atoms with van der Waals surface area (Å²) >= 11 is 1.16. The summed E-state index contributed by atoms with van der Waals surface area (Å²) in [6, 6.07) is 0. The topological polar surface area (TPSA) is 75.1 Å². The van der Waals surface area contributed by atoms with Gasteiger partial charge in [0.1, 0.15) is 12.4 Å². The molecule has 1 aromatic heterocycles. The van der Waals surface area contributed by atoms with Gasteiger partial charge in [-0.05, 0) is 6.92 Å². The fraction of sp³-hybridized carbons (Fsp3) is 0.400. The number of hydrogen-bond acceptors (Lipinski definition) is 5. The van der Waals surface area contributed by atoms with Crippen molar-refractivity contribution in [1.82, 2.24) is 9.36 Å². The predicted molar refractivity (Wildman–Crippen MR) is 40.8 cm³/mol. The fourth-order valence-electron chi connectivity index (χ4n) is 0.520. The summed E-state index contributed by atoms with van der Waals surface area (Å²) in [7, 11) is 0. The SMILES string of the molecule is Cc1nsc(NCC(=O)O)n1. The standard InChI is InChI=1S/C5H7N3O2S/c1-3-7-5(11-8-3)6-2-4(9)10/h2H2,1H3,(H,9,10)(H,6,7,8). The molecule has 0 bridgehead atoms. The molecule has 0 aromatic carbocycles. The molecule has 0 radical (unpaired) electrons. The third-order valence-corrected chi connectivity index (χ3v) is 1.68. The van der Waals surface area contributed by atoms with Crippen molar-refractivity contribution in [1.29, 1.82) is 0 Å². The second-order valence-corrected chi connectivity index (χ2v) is 2.65. The van der Waals surface area contributed by atoms with Crippen molar-refractivity contribution in [2.75, 3.05) is 11.9 Å². The average molecular weight is 173 g/mol. The van der Waals surface area contributed by atoms with E-state index in [0.29, 0.717) is 11.0 Å². The molecule has 0 saturated carbocycles. The molecule has 0 aliphatic carbocycles. The number of anilines is 1. The largest absolute Gasteiger partial charge is 0.480 e. The zero-order valence-electron chi connectivity index (χ0n) is 5.87. The third kappa shape index (κ3) is 2.50. The van der Waals surface area contributed by atoms with Gasteiger partial charge in [0.25, 0.3) is 0 Å². The van der Waals surface area contributed by atoms with E-state index in [-0.39, 0.29) is 6.54 Å². The van der Waals surface area contributed by atoms with Gasteiger partial charge < -0.3 is 10.4 Å². The van der Waals surface area contributed by atoms with Crippen molar-refractivity contribution in [2.45, 2.75) is 6.92 Å². The molecule has 1 aromatic rings. The molecule has 5 nitrogen and oxygen atoms in total. The van der Waals surface area contributed by atoms with Gasteiger partial charge in [0.05, 0.1) is 0 Å². The maximum Gasteiger partial charge on any atom is 0.322 e. The molecule has 0 spiro atoms. The number of carboxylic acids is 1. The van der Waals surface area contributed by atoms with Crippen molar-refractivity contribution in [3.05, 3.63) is 5.82 Å². The van der Waals surface area contributed by atoms with Gasteiger partial charge in [-0.3, -0.25) is 4.79 Å². The van der Waals surface area contributed by atoms with Gasteiger partial charge in [0.2, 0.25) is 5.13 Å². The van der Waals surface area contributed by atoms with E-state index in [1.54, 1.807) is 6.92 Å². The predicted octanol–water partition coefficient (Wildman–Crippen LogP) is 0.343. The second kappa shape index (κ2) is 3.29. The number of nitrogens with one attached hydrogen (secondary N) is 1. The van der Waals surface area contributed by atoms with Crippen LogP contribution in [0.15, 0.2) is 0 Å². The van der Waals surface area contributed by atoms with Crippen LogP contribution in [0.1, 0.15) is 5.82 Å². The van der Waals surface area contributed by atoms with Crippen LogP contribution >= 0.6 is 11.5 Å². The van der Waals surface area contributed by atoms with E-state index in [9.17, 15) is 4.79 Å². The Labute approximate surface area is 67.3 Å². The Bertz CT molecular complexity index is 260. The molecule has 60 valence electrons. The minimum absolute atomic E-state index is 0.116. The minimum Gasteiger partial charge on any atom is -0.480 e. The number of aliphatic carboxylic acids is 1. The quantitative estimate of drug-likeness (QED) is 0.689. The zero-order valence-corrected chi connectivity index (χ0v) is 6.68. The van der Waals surface area contributed by atoms with Crippen LogP contribution in [-0.4, -0.2) is 27.0 Å². The molecule has 1 rings (SSSR count). The molecule has 0 saturated heterocycles. The van der Waals surface area contributed by atoms with Crippen molar-refractivity contribution in [3.8, 4) is 0 Å². The number of aryl methyl sites for hydroxylation is 1. The molecular formula is C5H7N3O2S. The van der Waals surface area contributed by atoms with Crippen LogP contribution in [0.4, 0.5) is 5.13 Å². The van der Waals surface area contributed by atoms with Crippen molar-refractivity contribution < 1.29 is 9.90 Å². The lowest BCUT2D eigenvalue weighted by molar-refractivity contribution is -0.134. The average Bonchev–Trinajstić information content (AvgIpc) is 2.31. The third-order valence-electron chi connectivity index (χ3n) is 0.918. The monoisotopic (exact) mass is 173 g/mol. The number of nitrogens with zero attached hydrogens (tertiary/aromatic N) is 2. The number of rotatable bonds is 3. The lowest BCUT2D eigenvalue weighted by Gasteiger charge is -1.93. The molecule has 6 heteroatoms. The summed E-state index contributed by atoms with van der Waals surface area (Å²) in [6.45, 7) is 1.64. The molecule has 0 amide bonds. The first-order valence-electron chi connectivity index (χ1n) is 2.94. The summed E-state index contributed by atoms with van der Waals surface area (Å²) in [5.74, 6) is -0.249. The smallest absolute Gasteiger partial charge is 0.322 e. The van der Waals surface area contributed by atoms with Crippen LogP contribution in [-0.2, 0) is 4.79 Å². The summed E-state index contributed by atoms with van der Waals surface area (Å²) < 4.78 is 3.87. The van der Waals surface area contributed by atoms with E-state index in [2.05, 4.69) is 14.7 Å². The van der Waals surface area contributed by atoms with Gasteiger partial charge in [-0.2, -0.15) is 4.37 Å². The Hall–Kier alpha value is -1.17. The van der Waals surface area contributed by atoms with E-state index in [1.807, 2.05) is 0 Å². The maximum atomic E-state index is 10.1. The van der Waals surface area contributed by atoms with Gasteiger partial charge in [-0.25, -0.2) is 4.98 Å². The highest BCUT2D eigenvalue weighted by Crippen LogP contribution is 2.08. The number of carbonyl (C=O) groups is 1. The number of aromatic nitrogens is 2. The van der Waals surface area contributed by atoms with Crippen LogP contribution in [0.2, 0.25) is 0 Å². The number of carboxylic acid groups (broad SMARTS) is 1. The lowest BCUT2D eigenvalue weighted by Crippen LogP contribution is -2.11. The Kier molecular flexibility index (Phi) is 2.37. The van der Waals surface area contributed by atoms with E-state index in [4.69, 9.17) is 5.11 Å². The van der Waals surface area contributed by atoms with Crippen LogP contribution in [0.5, 0.6) is 0 Å². The molecule has 1 heterocycles. The van der Waals surface area contributed by atoms with Crippen molar-refractivity contribution >= 4 is 22.6 Å². The zero-order chi connectivity index (χ0) is 8.27. The molecule has 0 aliphatic rings. The first-order valence-corrected chi connectivity index (χ1v) is 3.72. The molecule has 2 N–H and O–H groups in total. The van der Waals surface area contributed by atoms with Crippen LogP contribution in [0.3, 0.4) is 0 Å². The van der Waals surface area contributed by atoms with E-state index >= 15 is 0 Å². The van der Waals surface area contributed by atoms with Crippen molar-refractivity contribution in [2.24, 2.45) is 0 Å². The highest BCUT2D eigenvalue weighted by molar-refractivity contribution is 7.09. The first-order chi connectivity index (χ1) is 5.18. The maximum absolute atomic E-state index is 10.1. The van der Waals surface area contributed by atoms with Gasteiger partial charge in [-0.1, -0.05) is 0 Å². The molecule has 0 atom stereocenters. The molecule has 0 unspecified atom stereocenters. The highest BCUT2D eigenvalue weighted by Gasteiger charge is 2.00. The molecule has 0 fully saturated rings. The molecular weight excluding hydrogens is 166 g/mol. The fourth-order valence-corrected chi connectivity index (χ4v) is 1.09. The van der Waals surface area contributed by atoms with Gasteiger partial charge in [0, 0.05) is 11.5 Å². The van der Waals surface area contributed by atoms with Crippen LogP contribution < -0.4 is 5.32 Å². The van der Waals surface area contributed by atoms with E-state index in [1.165, 1.54) is 0 Å². The lowest BCUT2D eigenvalue weighted by atomic mass is 10.7. The molecule has 0 aliphatic heterocycles. The first kappa shape index (κ1) is 7.93. The Morgan fingerprint density at radius 3 is 3.00 bits per heavy atom. The Balaban J connectivity index is 2.45. The van der Waals surface area contributed by atoms with Gasteiger partial charge in [0.15, 0.2) is 0 Å². The minimum atomic E-state index is -0.905. The Morgan fingerprint density at radius 1 is 1.82 bits per heavy atom. The summed E-state index contributed by atoms with van der Waals surface area (Å²) in [6.07, 6.45) is 0. The van der Waals surface area contributed by atoms with Crippen molar-refractivity contribution in [3.63, 3.8) is 0 Å². The highest BCUT2D eigenvalue weighted by atomic mass is 32.1. The van der Waals surface area contributed by atoms with E-state index in [0.717, 1.165) is 11.5 Å². The summed E-state index contributed by atoms with van der Waals surface area (Å²) in [4.78, 5) is 14.0. The van der Waals surface area contributed by atoms with Gasteiger partial charge in [-0.15, -0.1) is 0 Å². The normalized spacial score (nSPS) is 9.55. The van der Waals surface area contributed by atoms with E-state index < -0.39 is 5.97 Å². The Morgan fingerprint density at radius 2 is 2.55 bits per heavy atom. The van der Waals surface area contributed by atoms with Gasteiger partial charge >= 0.3 is 5.97 Å². The summed E-state index contributed by atoms with van der Waals surface area (Å²) in [5.41, 5.74) is 0.